The van der Waals surface area contributed by atoms with Crippen LogP contribution in [0.15, 0.2) is 42.5 Å². The van der Waals surface area contributed by atoms with E-state index in [0.29, 0.717) is 11.3 Å². The number of hydrogen-bond donors (Lipinski definition) is 1. The molecule has 0 bridgehead atoms. The van der Waals surface area contributed by atoms with Crippen molar-refractivity contribution in [1.82, 2.24) is 0 Å². The molecule has 18 heavy (non-hydrogen) atoms. The molecule has 0 amide bonds. The molecule has 0 atom stereocenters. The summed E-state index contributed by atoms with van der Waals surface area (Å²) in [7, 11) is 0. The Morgan fingerprint density at radius 3 is 2.28 bits per heavy atom. The van der Waals surface area contributed by atoms with E-state index in [1.807, 2.05) is 12.1 Å². The predicted molar refractivity (Wildman–Crippen MR) is 74.9 cm³/mol. The molecule has 0 aliphatic heterocycles. The van der Waals surface area contributed by atoms with E-state index >= 15 is 0 Å². The van der Waals surface area contributed by atoms with Crippen LogP contribution in [0.1, 0.15) is 34.0 Å². The summed E-state index contributed by atoms with van der Waals surface area (Å²) in [4.78, 5) is 10.8. The second-order valence-electron chi connectivity index (χ2n) is 4.47. The summed E-state index contributed by atoms with van der Waals surface area (Å²) < 4.78 is 0. The van der Waals surface area contributed by atoms with Crippen LogP contribution in [0, 0.1) is 0 Å². The standard InChI is InChI=1S/C16H17NO/c1-2-12-3-5-13(6-4-12)7-14-8-15(11-18)10-16(17)9-14/h3-6,8-11H,2,7,17H2,1H3. The third-order valence-corrected chi connectivity index (χ3v) is 3.01. The van der Waals surface area contributed by atoms with Crippen molar-refractivity contribution >= 4 is 12.0 Å². The highest BCUT2D eigenvalue weighted by atomic mass is 16.1. The molecule has 0 fully saturated rings. The predicted octanol–water partition coefficient (Wildman–Crippen LogP) is 3.23. The van der Waals surface area contributed by atoms with Crippen LogP contribution in [0.5, 0.6) is 0 Å². The SMILES string of the molecule is CCc1ccc(Cc2cc(N)cc(C=O)c2)cc1. The molecule has 0 radical (unpaired) electrons. The quantitative estimate of drug-likeness (QED) is 0.657. The second kappa shape index (κ2) is 5.50. The number of aryl methyl sites for hydroxylation is 1. The highest BCUT2D eigenvalue weighted by Crippen LogP contribution is 2.15. The van der Waals surface area contributed by atoms with Gasteiger partial charge in [-0.15, -0.1) is 0 Å². The number of anilines is 1. The van der Waals surface area contributed by atoms with E-state index in [1.54, 1.807) is 6.07 Å². The monoisotopic (exact) mass is 239 g/mol. The van der Waals surface area contributed by atoms with Gasteiger partial charge in [0.15, 0.2) is 0 Å². The van der Waals surface area contributed by atoms with Crippen molar-refractivity contribution in [2.24, 2.45) is 0 Å². The minimum atomic E-state index is 0.634. The third kappa shape index (κ3) is 2.98. The normalized spacial score (nSPS) is 10.3. The molecule has 2 nitrogen and oxygen atoms in total. The number of nitrogen functional groups attached to an aromatic ring is 1. The maximum atomic E-state index is 10.8. The van der Waals surface area contributed by atoms with E-state index in [1.165, 1.54) is 11.1 Å². The van der Waals surface area contributed by atoms with Crippen molar-refractivity contribution in [1.29, 1.82) is 0 Å². The van der Waals surface area contributed by atoms with Gasteiger partial charge in [-0.2, -0.15) is 0 Å². The lowest BCUT2D eigenvalue weighted by Crippen LogP contribution is -1.94. The van der Waals surface area contributed by atoms with Crippen molar-refractivity contribution in [3.8, 4) is 0 Å². The van der Waals surface area contributed by atoms with E-state index in [0.717, 1.165) is 24.7 Å². The second-order valence-corrected chi connectivity index (χ2v) is 4.47. The summed E-state index contributed by atoms with van der Waals surface area (Å²) in [5.41, 5.74) is 10.7. The maximum Gasteiger partial charge on any atom is 0.150 e. The van der Waals surface area contributed by atoms with E-state index in [9.17, 15) is 4.79 Å². The molecule has 0 unspecified atom stereocenters. The number of nitrogens with two attached hydrogens (primary N) is 1. The Balaban J connectivity index is 2.22. The first kappa shape index (κ1) is 12.4. The summed E-state index contributed by atoms with van der Waals surface area (Å²) >= 11 is 0. The van der Waals surface area contributed by atoms with Gasteiger partial charge in [-0.1, -0.05) is 31.2 Å². The molecule has 2 heteroatoms. The van der Waals surface area contributed by atoms with Gasteiger partial charge in [0.2, 0.25) is 0 Å². The van der Waals surface area contributed by atoms with Crippen molar-refractivity contribution in [3.63, 3.8) is 0 Å². The topological polar surface area (TPSA) is 43.1 Å². The molecule has 2 aromatic rings. The molecule has 0 aliphatic carbocycles. The molecule has 0 aliphatic rings. The molecule has 0 saturated carbocycles. The molecule has 2 N–H and O–H groups in total. The molecule has 2 rings (SSSR count). The minimum absolute atomic E-state index is 0.634. The van der Waals surface area contributed by atoms with Gasteiger partial charge in [0.05, 0.1) is 0 Å². The van der Waals surface area contributed by atoms with E-state index < -0.39 is 0 Å². The van der Waals surface area contributed by atoms with Crippen LogP contribution in [0.3, 0.4) is 0 Å². The highest BCUT2D eigenvalue weighted by Gasteiger charge is 2.00. The average molecular weight is 239 g/mol. The lowest BCUT2D eigenvalue weighted by molar-refractivity contribution is 0.112. The van der Waals surface area contributed by atoms with E-state index in [-0.39, 0.29) is 0 Å². The summed E-state index contributed by atoms with van der Waals surface area (Å²) in [6, 6.07) is 14.0. The Kier molecular flexibility index (Phi) is 3.78. The smallest absolute Gasteiger partial charge is 0.150 e. The van der Waals surface area contributed by atoms with E-state index in [4.69, 9.17) is 5.73 Å². The van der Waals surface area contributed by atoms with E-state index in [2.05, 4.69) is 31.2 Å². The number of carbonyl (C=O) groups is 1. The van der Waals surface area contributed by atoms with Crippen LogP contribution in [0.25, 0.3) is 0 Å². The molecular formula is C16H17NO. The first-order valence-corrected chi connectivity index (χ1v) is 6.13. The fraction of sp³-hybridized carbons (Fsp3) is 0.188. The first-order chi connectivity index (χ1) is 8.71. The summed E-state index contributed by atoms with van der Waals surface area (Å²) in [5, 5.41) is 0. The van der Waals surface area contributed by atoms with Gasteiger partial charge in [-0.05, 0) is 47.7 Å². The average Bonchev–Trinajstić information content (AvgIpc) is 2.39. The number of rotatable bonds is 4. The summed E-state index contributed by atoms with van der Waals surface area (Å²) in [6.07, 6.45) is 2.68. The fourth-order valence-corrected chi connectivity index (χ4v) is 2.04. The minimum Gasteiger partial charge on any atom is -0.399 e. The zero-order chi connectivity index (χ0) is 13.0. The van der Waals surface area contributed by atoms with Crippen molar-refractivity contribution < 1.29 is 4.79 Å². The third-order valence-electron chi connectivity index (χ3n) is 3.01. The number of benzene rings is 2. The lowest BCUT2D eigenvalue weighted by atomic mass is 10.0. The molecule has 2 aromatic carbocycles. The molecule has 0 saturated heterocycles. The van der Waals surface area contributed by atoms with Crippen molar-refractivity contribution in [3.05, 3.63) is 64.7 Å². The number of carbonyl (C=O) groups excluding carboxylic acids is 1. The van der Waals surface area contributed by atoms with Gasteiger partial charge in [0, 0.05) is 11.3 Å². The highest BCUT2D eigenvalue weighted by molar-refractivity contribution is 5.77. The van der Waals surface area contributed by atoms with Crippen LogP contribution < -0.4 is 5.73 Å². The van der Waals surface area contributed by atoms with Crippen LogP contribution in [0.4, 0.5) is 5.69 Å². The Bertz CT molecular complexity index is 544. The Morgan fingerprint density at radius 2 is 1.67 bits per heavy atom. The van der Waals surface area contributed by atoms with Gasteiger partial charge in [-0.25, -0.2) is 0 Å². The maximum absolute atomic E-state index is 10.8. The molecule has 0 aromatic heterocycles. The Morgan fingerprint density at radius 1 is 1.00 bits per heavy atom. The molecule has 0 heterocycles. The van der Waals surface area contributed by atoms with Gasteiger partial charge in [0.1, 0.15) is 6.29 Å². The fourth-order valence-electron chi connectivity index (χ4n) is 2.04. The van der Waals surface area contributed by atoms with Gasteiger partial charge < -0.3 is 5.73 Å². The molecular weight excluding hydrogens is 222 g/mol. The van der Waals surface area contributed by atoms with Gasteiger partial charge >= 0.3 is 0 Å². The first-order valence-electron chi connectivity index (χ1n) is 6.13. The van der Waals surface area contributed by atoms with Crippen LogP contribution in [-0.2, 0) is 12.8 Å². The zero-order valence-electron chi connectivity index (χ0n) is 10.5. The van der Waals surface area contributed by atoms with Crippen LogP contribution in [0.2, 0.25) is 0 Å². The Hall–Kier alpha value is -2.09. The van der Waals surface area contributed by atoms with Crippen LogP contribution in [-0.4, -0.2) is 6.29 Å². The Labute approximate surface area is 107 Å². The number of hydrogen-bond acceptors (Lipinski definition) is 2. The summed E-state index contributed by atoms with van der Waals surface area (Å²) in [6.45, 7) is 2.14. The zero-order valence-corrected chi connectivity index (χ0v) is 10.5. The lowest BCUT2D eigenvalue weighted by Gasteiger charge is -2.05. The van der Waals surface area contributed by atoms with Gasteiger partial charge in [0.25, 0.3) is 0 Å². The van der Waals surface area contributed by atoms with Gasteiger partial charge in [-0.3, -0.25) is 4.79 Å². The van der Waals surface area contributed by atoms with Crippen molar-refractivity contribution in [2.75, 3.05) is 5.73 Å². The summed E-state index contributed by atoms with van der Waals surface area (Å²) in [5.74, 6) is 0. The van der Waals surface area contributed by atoms with Crippen LogP contribution >= 0.6 is 0 Å². The molecule has 0 spiro atoms. The number of aldehydes is 1. The molecule has 92 valence electrons. The largest absolute Gasteiger partial charge is 0.399 e. The van der Waals surface area contributed by atoms with Crippen molar-refractivity contribution in [2.45, 2.75) is 19.8 Å².